The van der Waals surface area contributed by atoms with E-state index in [9.17, 15) is 19.5 Å². The van der Waals surface area contributed by atoms with Gasteiger partial charge in [-0.05, 0) is 55.8 Å². The monoisotopic (exact) mass is 588 g/mol. The van der Waals surface area contributed by atoms with Crippen molar-refractivity contribution in [1.82, 2.24) is 20.4 Å². The highest BCUT2D eigenvalue weighted by molar-refractivity contribution is 8.01. The number of ether oxygens (including phenoxy) is 2. The first-order chi connectivity index (χ1) is 18.8. The van der Waals surface area contributed by atoms with Crippen molar-refractivity contribution in [3.05, 3.63) is 64.2 Å². The number of benzene rings is 1. The molecule has 0 spiro atoms. The van der Waals surface area contributed by atoms with Gasteiger partial charge >= 0.3 is 5.97 Å². The minimum atomic E-state index is -1.18. The lowest BCUT2D eigenvalue weighted by Crippen LogP contribution is -2.70. The zero-order valence-electron chi connectivity index (χ0n) is 20.9. The lowest BCUT2D eigenvalue weighted by atomic mass is 10.0. The molecular weight excluding hydrogens is 564 g/mol. The highest BCUT2D eigenvalue weighted by atomic mass is 32.2. The van der Waals surface area contributed by atoms with Crippen molar-refractivity contribution in [2.75, 3.05) is 18.1 Å². The van der Waals surface area contributed by atoms with Crippen LogP contribution in [-0.4, -0.2) is 67.5 Å². The Bertz CT molecular complexity index is 1420. The van der Waals surface area contributed by atoms with Gasteiger partial charge in [-0.25, -0.2) is 4.79 Å². The number of thioether (sulfide) groups is 2. The van der Waals surface area contributed by atoms with Gasteiger partial charge in [-0.2, -0.15) is 0 Å². The molecule has 0 aliphatic carbocycles. The molecule has 4 heterocycles. The molecule has 2 aromatic heterocycles. The lowest BCUT2D eigenvalue weighted by Gasteiger charge is -2.49. The number of amides is 2. The average molecular weight is 589 g/mol. The Morgan fingerprint density at radius 1 is 1.18 bits per heavy atom. The second-order valence-corrected chi connectivity index (χ2v) is 12.0. The van der Waals surface area contributed by atoms with Crippen molar-refractivity contribution in [2.24, 2.45) is 0 Å². The molecular formula is C25H24N4O7S3. The zero-order chi connectivity index (χ0) is 27.5. The van der Waals surface area contributed by atoms with Crippen molar-refractivity contribution in [3.63, 3.8) is 0 Å². The number of nitrogens with zero attached hydrogens (tertiary/aromatic N) is 3. The Kier molecular flexibility index (Phi) is 8.14. The van der Waals surface area contributed by atoms with Crippen molar-refractivity contribution in [1.29, 1.82) is 0 Å². The molecule has 0 bridgehead atoms. The van der Waals surface area contributed by atoms with Gasteiger partial charge in [0.05, 0.1) is 6.61 Å². The van der Waals surface area contributed by atoms with Crippen LogP contribution in [-0.2, 0) is 16.2 Å². The van der Waals surface area contributed by atoms with Crippen molar-refractivity contribution in [3.8, 4) is 11.5 Å². The summed E-state index contributed by atoms with van der Waals surface area (Å²) in [4.78, 5) is 39.1. The van der Waals surface area contributed by atoms with E-state index in [1.54, 1.807) is 30.3 Å². The summed E-state index contributed by atoms with van der Waals surface area (Å²) in [5.41, 5.74) is 0.595. The summed E-state index contributed by atoms with van der Waals surface area (Å²) >= 11 is 4.23. The number of β-lactam (4-membered cyclic amide) rings is 1. The normalized spacial score (nSPS) is 18.4. The number of fused-ring (bicyclic) bond motifs is 1. The number of aliphatic carboxylic acids is 1. The van der Waals surface area contributed by atoms with Gasteiger partial charge in [0, 0.05) is 11.5 Å². The number of aryl methyl sites for hydroxylation is 1. The van der Waals surface area contributed by atoms with E-state index in [0.717, 1.165) is 15.1 Å². The third-order valence-electron chi connectivity index (χ3n) is 5.82. The number of hydrogen-bond acceptors (Lipinski definition) is 11. The van der Waals surface area contributed by atoms with Crippen LogP contribution in [0.3, 0.4) is 0 Å². The smallest absolute Gasteiger partial charge is 0.352 e. The summed E-state index contributed by atoms with van der Waals surface area (Å²) in [5.74, 6) is 0.418. The molecule has 1 aromatic carbocycles. The summed E-state index contributed by atoms with van der Waals surface area (Å²) in [5, 5.41) is 20.9. The Morgan fingerprint density at radius 3 is 2.59 bits per heavy atom. The maximum absolute atomic E-state index is 12.9. The summed E-state index contributed by atoms with van der Waals surface area (Å²) in [7, 11) is 0. The fourth-order valence-electron chi connectivity index (χ4n) is 4.02. The van der Waals surface area contributed by atoms with Crippen LogP contribution in [0, 0.1) is 6.92 Å². The fraction of sp³-hybridized carbons (Fsp3) is 0.320. The van der Waals surface area contributed by atoms with E-state index in [1.807, 2.05) is 13.8 Å². The van der Waals surface area contributed by atoms with Crippen molar-refractivity contribution in [2.45, 2.75) is 36.2 Å². The molecule has 39 heavy (non-hydrogen) atoms. The largest absolute Gasteiger partial charge is 0.494 e. The molecule has 204 valence electrons. The molecule has 14 heteroatoms. The van der Waals surface area contributed by atoms with Crippen molar-refractivity contribution < 1.29 is 33.4 Å². The molecule has 2 aliphatic rings. The van der Waals surface area contributed by atoms with Crippen LogP contribution in [0.25, 0.3) is 0 Å². The van der Waals surface area contributed by atoms with Crippen LogP contribution < -0.4 is 14.8 Å². The number of rotatable bonds is 11. The first-order valence-electron chi connectivity index (χ1n) is 11.9. The Labute approximate surface area is 235 Å². The number of nitrogens with one attached hydrogen (secondary N) is 1. The summed E-state index contributed by atoms with van der Waals surface area (Å²) in [6, 6.07) is 9.43. The number of aromatic nitrogens is 2. The van der Waals surface area contributed by atoms with Gasteiger partial charge in [0.25, 0.3) is 11.8 Å². The molecule has 2 atom stereocenters. The molecule has 1 fully saturated rings. The number of carbonyl (C=O) groups is 3. The topological polar surface area (TPSA) is 144 Å². The molecule has 0 radical (unpaired) electrons. The van der Waals surface area contributed by atoms with Gasteiger partial charge in [-0.15, -0.1) is 22.0 Å². The minimum absolute atomic E-state index is 0.0327. The molecule has 2 N–H and O–H groups in total. The second-order valence-electron chi connectivity index (χ2n) is 8.45. The van der Waals surface area contributed by atoms with E-state index in [2.05, 4.69) is 15.5 Å². The summed E-state index contributed by atoms with van der Waals surface area (Å²) in [6.07, 6.45) is 0. The van der Waals surface area contributed by atoms with E-state index in [4.69, 9.17) is 13.9 Å². The van der Waals surface area contributed by atoms with Gasteiger partial charge in [-0.1, -0.05) is 23.1 Å². The van der Waals surface area contributed by atoms with E-state index in [1.165, 1.54) is 45.8 Å². The van der Waals surface area contributed by atoms with Gasteiger partial charge in [0.1, 0.15) is 46.0 Å². The third kappa shape index (κ3) is 5.92. The first-order valence-corrected chi connectivity index (χ1v) is 14.8. The summed E-state index contributed by atoms with van der Waals surface area (Å²) in [6.45, 7) is 4.44. The van der Waals surface area contributed by atoms with E-state index in [0.29, 0.717) is 35.2 Å². The van der Waals surface area contributed by atoms with Crippen LogP contribution >= 0.6 is 34.9 Å². The van der Waals surface area contributed by atoms with Gasteiger partial charge in [0.15, 0.2) is 10.1 Å². The average Bonchev–Trinajstić information content (AvgIpc) is 3.58. The molecule has 5 rings (SSSR count). The van der Waals surface area contributed by atoms with E-state index in [-0.39, 0.29) is 18.1 Å². The standard InChI is InChI=1S/C25H24N4O7S3/c1-3-34-15-4-6-16(7-5-15)35-10-17-8-9-18(36-17)21(30)26-19-22(31)29-20(24(32)33)14(11-37-23(19)29)12-38-25-28-27-13(2)39-25/h4-9,19,23H,3,10-12H2,1-2H3,(H,26,30)(H,32,33)/t19-,23+/m1/s1. The Morgan fingerprint density at radius 2 is 1.92 bits per heavy atom. The van der Waals surface area contributed by atoms with Crippen LogP contribution in [0.5, 0.6) is 11.5 Å². The molecule has 1 saturated heterocycles. The lowest BCUT2D eigenvalue weighted by molar-refractivity contribution is -0.148. The molecule has 3 aromatic rings. The highest BCUT2D eigenvalue weighted by Crippen LogP contribution is 2.42. The molecule has 11 nitrogen and oxygen atoms in total. The predicted molar refractivity (Wildman–Crippen MR) is 145 cm³/mol. The van der Waals surface area contributed by atoms with E-state index < -0.39 is 29.2 Å². The number of carboxylic acid groups (broad SMARTS) is 1. The maximum Gasteiger partial charge on any atom is 0.352 e. The number of carbonyl (C=O) groups excluding carboxylic acids is 2. The third-order valence-corrected chi connectivity index (χ3v) is 9.21. The van der Waals surface area contributed by atoms with Crippen LogP contribution in [0.15, 0.2) is 56.4 Å². The van der Waals surface area contributed by atoms with Crippen LogP contribution in [0.1, 0.15) is 28.2 Å². The molecule has 0 unspecified atom stereocenters. The van der Waals surface area contributed by atoms with Crippen molar-refractivity contribution >= 4 is 52.6 Å². The molecule has 2 aliphatic heterocycles. The van der Waals surface area contributed by atoms with Gasteiger partial charge < -0.3 is 24.3 Å². The fourth-order valence-corrected chi connectivity index (χ4v) is 7.32. The second kappa shape index (κ2) is 11.7. The maximum atomic E-state index is 12.9. The molecule has 0 saturated carbocycles. The van der Waals surface area contributed by atoms with Gasteiger partial charge in [0.2, 0.25) is 0 Å². The number of carboxylic acids is 1. The Balaban J connectivity index is 1.18. The first kappa shape index (κ1) is 27.1. The van der Waals surface area contributed by atoms with Crippen LogP contribution in [0.2, 0.25) is 0 Å². The predicted octanol–water partition coefficient (Wildman–Crippen LogP) is 3.56. The number of furan rings is 1. The van der Waals surface area contributed by atoms with Gasteiger partial charge in [-0.3, -0.25) is 14.5 Å². The summed E-state index contributed by atoms with van der Waals surface area (Å²) < 4.78 is 17.5. The Hall–Kier alpha value is -3.49. The SMILES string of the molecule is CCOc1ccc(OCc2ccc(C(=O)N[C@@H]3C(=O)N4C(C(=O)O)=C(CSc5nnc(C)s5)CS[C@@H]34)o2)cc1. The minimum Gasteiger partial charge on any atom is -0.494 e. The quantitative estimate of drug-likeness (QED) is 0.251. The zero-order valence-corrected chi connectivity index (χ0v) is 23.4. The number of hydrogen-bond donors (Lipinski definition) is 2. The highest BCUT2D eigenvalue weighted by Gasteiger charge is 2.54. The van der Waals surface area contributed by atoms with E-state index >= 15 is 0 Å². The molecule has 2 amide bonds. The van der Waals surface area contributed by atoms with Crippen LogP contribution in [0.4, 0.5) is 0 Å².